The highest BCUT2D eigenvalue weighted by atomic mass is 19.1. The summed E-state index contributed by atoms with van der Waals surface area (Å²) in [6, 6.07) is 1.79. The highest BCUT2D eigenvalue weighted by Crippen LogP contribution is 2.46. The summed E-state index contributed by atoms with van der Waals surface area (Å²) < 4.78 is 22.2. The smallest absolute Gasteiger partial charge is 0.343 e. The third kappa shape index (κ3) is 10.2. The second-order valence-corrected chi connectivity index (χ2v) is 18.9. The standard InChI is InChI=1S/C50H64FN7O10/c1-5-50(67)33-23-37-46-31(25-58(37)48(65)32(33)26-68-49(50)66)44-35(16-15-30-28(4)34(51)24-36(55-46)43(30)44)54-39(60)14-11-20-53-47(64)29(12-8-9-19-52)22-38(59)45(27(2)3)56-40(61)13-7-6-10-21-57-41(62)17-18-42(57)63/h17-18,23-24,27,29,35,39,45,54,60,67H,5-16,19-22,25-26,52H2,1-4H3,(H,53,64)(H,56,61)/t29-,35+,39?,45+,50+/m1/s1. The molecular formula is C50H64FN7O10. The van der Waals surface area contributed by atoms with Crippen LogP contribution in [0, 0.1) is 24.6 Å². The van der Waals surface area contributed by atoms with Gasteiger partial charge in [-0.25, -0.2) is 14.2 Å². The zero-order chi connectivity index (χ0) is 49.0. The van der Waals surface area contributed by atoms with E-state index in [1.54, 1.807) is 24.5 Å². The van der Waals surface area contributed by atoms with Crippen molar-refractivity contribution in [1.29, 1.82) is 0 Å². The number of hydrogen-bond acceptors (Lipinski definition) is 13. The van der Waals surface area contributed by atoms with Gasteiger partial charge < -0.3 is 35.9 Å². The predicted molar refractivity (Wildman–Crippen MR) is 249 cm³/mol. The Balaban J connectivity index is 0.973. The van der Waals surface area contributed by atoms with Crippen molar-refractivity contribution in [3.8, 4) is 11.4 Å². The molecule has 3 aromatic rings. The minimum Gasteiger partial charge on any atom is -0.458 e. The number of ketones is 1. The Bertz CT molecular complexity index is 2570. The topological polar surface area (TPSA) is 252 Å². The zero-order valence-electron chi connectivity index (χ0n) is 39.4. The number of nitrogens with one attached hydrogen (secondary N) is 3. The van der Waals surface area contributed by atoms with Crippen molar-refractivity contribution in [1.82, 2.24) is 30.4 Å². The number of carbonyl (C=O) groups excluding carboxylic acids is 6. The minimum atomic E-state index is -2.01. The fourth-order valence-electron chi connectivity index (χ4n) is 10.2. The number of esters is 1. The molecule has 5 heterocycles. The van der Waals surface area contributed by atoms with Crippen molar-refractivity contribution >= 4 is 46.3 Å². The van der Waals surface area contributed by atoms with Gasteiger partial charge >= 0.3 is 5.97 Å². The second kappa shape index (κ2) is 21.3. The number of hydrogen-bond donors (Lipinski definition) is 6. The first-order valence-corrected chi connectivity index (χ1v) is 24.1. The molecule has 1 unspecified atom stereocenters. The predicted octanol–water partition coefficient (Wildman–Crippen LogP) is 3.65. The number of aromatic nitrogens is 2. The van der Waals surface area contributed by atoms with Crippen LogP contribution in [-0.2, 0) is 58.7 Å². The largest absolute Gasteiger partial charge is 0.458 e. The fourth-order valence-corrected chi connectivity index (χ4v) is 10.2. The Morgan fingerprint density at radius 2 is 1.75 bits per heavy atom. The van der Waals surface area contributed by atoms with Crippen LogP contribution in [0.4, 0.5) is 4.39 Å². The Hall–Kier alpha value is -5.69. The molecule has 0 bridgehead atoms. The number of amides is 4. The molecular weight excluding hydrogens is 878 g/mol. The first kappa shape index (κ1) is 50.2. The number of fused-ring (bicyclic) bond motifs is 5. The molecule has 1 aromatic carbocycles. The van der Waals surface area contributed by atoms with E-state index in [1.165, 1.54) is 18.2 Å². The third-order valence-corrected chi connectivity index (χ3v) is 14.1. The molecule has 0 saturated heterocycles. The summed E-state index contributed by atoms with van der Waals surface area (Å²) in [7, 11) is 0. The van der Waals surface area contributed by atoms with E-state index in [1.807, 2.05) is 13.8 Å². The van der Waals surface area contributed by atoms with Crippen molar-refractivity contribution in [2.45, 2.75) is 148 Å². The minimum absolute atomic E-state index is 0.0133. The maximum absolute atomic E-state index is 15.4. The molecule has 4 amide bonds. The molecule has 0 saturated carbocycles. The number of rotatable bonds is 23. The van der Waals surface area contributed by atoms with Gasteiger partial charge in [0.15, 0.2) is 11.4 Å². The van der Waals surface area contributed by atoms with Crippen LogP contribution in [0.25, 0.3) is 22.3 Å². The van der Waals surface area contributed by atoms with E-state index in [0.717, 1.165) is 27.0 Å². The van der Waals surface area contributed by atoms with Crippen LogP contribution in [0.3, 0.4) is 0 Å². The molecule has 3 aliphatic heterocycles. The van der Waals surface area contributed by atoms with Crippen molar-refractivity contribution in [2.24, 2.45) is 17.6 Å². The van der Waals surface area contributed by atoms with Gasteiger partial charge in [0.1, 0.15) is 18.7 Å². The van der Waals surface area contributed by atoms with Crippen LogP contribution >= 0.6 is 0 Å². The Labute approximate surface area is 394 Å². The number of carbonyl (C=O) groups is 6. The van der Waals surface area contributed by atoms with E-state index in [-0.39, 0.29) is 98.4 Å². The lowest BCUT2D eigenvalue weighted by molar-refractivity contribution is -0.172. The highest BCUT2D eigenvalue weighted by molar-refractivity contribution is 6.12. The molecule has 1 aliphatic carbocycles. The first-order chi connectivity index (χ1) is 32.5. The number of Topliss-reactive ketones (excluding diaryl/α,β-unsaturated/α-hetero) is 1. The second-order valence-electron chi connectivity index (χ2n) is 18.9. The van der Waals surface area contributed by atoms with Crippen molar-refractivity contribution in [3.63, 3.8) is 0 Å². The lowest BCUT2D eigenvalue weighted by atomic mass is 9.81. The van der Waals surface area contributed by atoms with E-state index < -0.39 is 47.2 Å². The van der Waals surface area contributed by atoms with E-state index in [2.05, 4.69) is 16.0 Å². The van der Waals surface area contributed by atoms with E-state index in [9.17, 15) is 43.8 Å². The van der Waals surface area contributed by atoms with Crippen LogP contribution in [0.5, 0.6) is 0 Å². The number of aliphatic hydroxyl groups is 2. The van der Waals surface area contributed by atoms with Gasteiger partial charge in [-0.1, -0.05) is 33.6 Å². The SMILES string of the molecule is CC[C@@]1(O)C(=O)OCc2c1cc1n(c2=O)Cc2c-1nc1cc(F)c(C)c3c1c2[C@@H](NC(O)CCCNC(=O)[C@H](CCCCN)CC(=O)[C@@H](NC(=O)CCCCCN1C(=O)C=CC1=O)C(C)C)CC3. The van der Waals surface area contributed by atoms with Gasteiger partial charge in [0, 0.05) is 72.6 Å². The molecule has 18 heteroatoms. The number of aliphatic hydroxyl groups excluding tert-OH is 1. The zero-order valence-corrected chi connectivity index (χ0v) is 39.4. The van der Waals surface area contributed by atoms with Crippen LogP contribution in [0.15, 0.2) is 29.1 Å². The van der Waals surface area contributed by atoms with Gasteiger partial charge in [0.05, 0.1) is 35.1 Å². The molecule has 5 atom stereocenters. The number of cyclic esters (lactones) is 1. The van der Waals surface area contributed by atoms with Gasteiger partial charge in [0.2, 0.25) is 11.8 Å². The molecule has 17 nitrogen and oxygen atoms in total. The van der Waals surface area contributed by atoms with E-state index >= 15 is 4.39 Å². The van der Waals surface area contributed by atoms with Gasteiger partial charge in [-0.2, -0.15) is 0 Å². The molecule has 68 heavy (non-hydrogen) atoms. The summed E-state index contributed by atoms with van der Waals surface area (Å²) in [5.74, 6) is -3.65. The maximum Gasteiger partial charge on any atom is 0.343 e. The number of aryl methyl sites for hydroxylation is 1. The first-order valence-electron chi connectivity index (χ1n) is 24.1. The number of imide groups is 1. The van der Waals surface area contributed by atoms with Crippen LogP contribution in [0.1, 0.15) is 137 Å². The van der Waals surface area contributed by atoms with Gasteiger partial charge in [-0.3, -0.25) is 39.0 Å². The van der Waals surface area contributed by atoms with E-state index in [0.29, 0.717) is 86.8 Å². The van der Waals surface area contributed by atoms with Crippen LogP contribution in [0.2, 0.25) is 0 Å². The Kier molecular flexibility index (Phi) is 15.7. The van der Waals surface area contributed by atoms with Crippen molar-refractivity contribution in [2.75, 3.05) is 19.6 Å². The molecule has 7 N–H and O–H groups in total. The molecule has 0 fully saturated rings. The average Bonchev–Trinajstić information content (AvgIpc) is 3.84. The summed E-state index contributed by atoms with van der Waals surface area (Å²) in [6.07, 6.45) is 6.62. The number of ether oxygens (including phenoxy) is 1. The lowest BCUT2D eigenvalue weighted by Crippen LogP contribution is -2.46. The summed E-state index contributed by atoms with van der Waals surface area (Å²) in [5.41, 5.74) is 7.74. The molecule has 4 aliphatic rings. The summed E-state index contributed by atoms with van der Waals surface area (Å²) in [4.78, 5) is 96.6. The molecule has 2 aromatic heterocycles. The van der Waals surface area contributed by atoms with Crippen LogP contribution < -0.4 is 27.2 Å². The van der Waals surface area contributed by atoms with Crippen molar-refractivity contribution < 1.29 is 48.1 Å². The van der Waals surface area contributed by atoms with Gasteiger partial charge in [-0.15, -0.1) is 0 Å². The average molecular weight is 942 g/mol. The number of nitrogens with two attached hydrogens (primary N) is 1. The quantitative estimate of drug-likeness (QED) is 0.0269. The monoisotopic (exact) mass is 941 g/mol. The van der Waals surface area contributed by atoms with Gasteiger partial charge in [0.25, 0.3) is 17.4 Å². The summed E-state index contributed by atoms with van der Waals surface area (Å²) in [5, 5.41) is 32.8. The normalized spacial score (nSPS) is 19.5. The Morgan fingerprint density at radius 1 is 1.00 bits per heavy atom. The molecule has 7 rings (SSSR count). The van der Waals surface area contributed by atoms with Crippen LogP contribution in [-0.4, -0.2) is 91.9 Å². The molecule has 0 radical (unpaired) electrons. The maximum atomic E-state index is 15.4. The van der Waals surface area contributed by atoms with E-state index in [4.69, 9.17) is 15.5 Å². The third-order valence-electron chi connectivity index (χ3n) is 14.1. The number of nitrogens with zero attached hydrogens (tertiary/aromatic N) is 3. The number of unbranched alkanes of at least 4 members (excludes halogenated alkanes) is 3. The molecule has 366 valence electrons. The highest BCUT2D eigenvalue weighted by Gasteiger charge is 2.46. The number of halogens is 1. The number of benzene rings is 1. The molecule has 0 spiro atoms. The summed E-state index contributed by atoms with van der Waals surface area (Å²) >= 11 is 0. The Morgan fingerprint density at radius 3 is 2.46 bits per heavy atom. The lowest BCUT2D eigenvalue weighted by Gasteiger charge is -2.31. The fraction of sp³-hybridized carbons (Fsp3) is 0.560. The van der Waals surface area contributed by atoms with Gasteiger partial charge in [-0.05, 0) is 99.9 Å². The van der Waals surface area contributed by atoms with Crippen molar-refractivity contribution in [3.05, 3.63) is 73.8 Å². The summed E-state index contributed by atoms with van der Waals surface area (Å²) in [6.45, 7) is 7.82. The number of pyridine rings is 2.